The predicted molar refractivity (Wildman–Crippen MR) is 77.6 cm³/mol. The maximum atomic E-state index is 12.2. The van der Waals surface area contributed by atoms with Gasteiger partial charge in [0.15, 0.2) is 0 Å². The highest BCUT2D eigenvalue weighted by atomic mass is 16.3. The summed E-state index contributed by atoms with van der Waals surface area (Å²) in [6, 6.07) is 9.14. The molecule has 0 saturated carbocycles. The monoisotopic (exact) mass is 261 g/mol. The van der Waals surface area contributed by atoms with E-state index in [0.29, 0.717) is 6.42 Å². The second kappa shape index (κ2) is 7.10. The van der Waals surface area contributed by atoms with Gasteiger partial charge in [-0.3, -0.25) is 4.79 Å². The van der Waals surface area contributed by atoms with Gasteiger partial charge >= 0.3 is 0 Å². The number of nitrogens with zero attached hydrogens (tertiary/aromatic N) is 1. The van der Waals surface area contributed by atoms with Crippen LogP contribution < -0.4 is 0 Å². The SMILES string of the molecule is C=CC[C@H](C)C(=O)N(C)[C@H](C)[C@H](O)c1ccccc1. The molecule has 19 heavy (non-hydrogen) atoms. The first-order chi connectivity index (χ1) is 8.99. The molecule has 0 saturated heterocycles. The molecule has 0 aliphatic heterocycles. The van der Waals surface area contributed by atoms with Gasteiger partial charge in [0.05, 0.1) is 12.1 Å². The van der Waals surface area contributed by atoms with E-state index in [9.17, 15) is 9.90 Å². The largest absolute Gasteiger partial charge is 0.386 e. The summed E-state index contributed by atoms with van der Waals surface area (Å²) < 4.78 is 0. The van der Waals surface area contributed by atoms with Crippen LogP contribution in [0.2, 0.25) is 0 Å². The summed E-state index contributed by atoms with van der Waals surface area (Å²) in [5, 5.41) is 10.3. The Bertz CT molecular complexity index is 416. The van der Waals surface area contributed by atoms with E-state index in [2.05, 4.69) is 6.58 Å². The van der Waals surface area contributed by atoms with Crippen LogP contribution in [0.5, 0.6) is 0 Å². The number of likely N-dealkylation sites (N-methyl/N-ethyl adjacent to an activating group) is 1. The lowest BCUT2D eigenvalue weighted by molar-refractivity contribution is -0.137. The summed E-state index contributed by atoms with van der Waals surface area (Å²) in [4.78, 5) is 13.8. The van der Waals surface area contributed by atoms with Crippen LogP contribution >= 0.6 is 0 Å². The summed E-state index contributed by atoms with van der Waals surface area (Å²) in [5.74, 6) is -0.0738. The predicted octanol–water partition coefficient (Wildman–Crippen LogP) is 2.78. The molecule has 1 aromatic rings. The number of hydrogen-bond donors (Lipinski definition) is 1. The third-order valence-corrected chi connectivity index (χ3v) is 3.50. The van der Waals surface area contributed by atoms with Crippen LogP contribution in [0, 0.1) is 5.92 Å². The number of benzene rings is 1. The first kappa shape index (κ1) is 15.4. The number of aliphatic hydroxyl groups is 1. The third kappa shape index (κ3) is 3.93. The van der Waals surface area contributed by atoms with E-state index in [-0.39, 0.29) is 17.9 Å². The van der Waals surface area contributed by atoms with Crippen LogP contribution in [-0.4, -0.2) is 29.0 Å². The molecule has 1 rings (SSSR count). The summed E-state index contributed by atoms with van der Waals surface area (Å²) in [7, 11) is 1.73. The van der Waals surface area contributed by atoms with Gasteiger partial charge in [-0.15, -0.1) is 6.58 Å². The fraction of sp³-hybridized carbons (Fsp3) is 0.438. The van der Waals surface area contributed by atoms with Gasteiger partial charge in [-0.1, -0.05) is 43.3 Å². The van der Waals surface area contributed by atoms with E-state index in [0.717, 1.165) is 5.56 Å². The molecule has 0 bridgehead atoms. The van der Waals surface area contributed by atoms with Gasteiger partial charge in [-0.2, -0.15) is 0 Å². The second-order valence-corrected chi connectivity index (χ2v) is 4.97. The molecule has 1 aromatic carbocycles. The number of hydrogen-bond acceptors (Lipinski definition) is 2. The average molecular weight is 261 g/mol. The highest BCUT2D eigenvalue weighted by Gasteiger charge is 2.26. The molecule has 0 radical (unpaired) electrons. The molecule has 0 heterocycles. The van der Waals surface area contributed by atoms with Crippen molar-refractivity contribution in [1.29, 1.82) is 0 Å². The Morgan fingerprint density at radius 3 is 2.47 bits per heavy atom. The van der Waals surface area contributed by atoms with Crippen molar-refractivity contribution in [3.63, 3.8) is 0 Å². The zero-order valence-corrected chi connectivity index (χ0v) is 11.9. The van der Waals surface area contributed by atoms with Gasteiger partial charge in [-0.05, 0) is 18.9 Å². The Kier molecular flexibility index (Phi) is 5.77. The van der Waals surface area contributed by atoms with Crippen LogP contribution in [0.25, 0.3) is 0 Å². The number of allylic oxidation sites excluding steroid dienone is 1. The van der Waals surface area contributed by atoms with E-state index < -0.39 is 6.10 Å². The summed E-state index contributed by atoms with van der Waals surface area (Å²) in [5.41, 5.74) is 0.825. The van der Waals surface area contributed by atoms with E-state index in [4.69, 9.17) is 0 Å². The smallest absolute Gasteiger partial charge is 0.225 e. The molecule has 0 aliphatic carbocycles. The van der Waals surface area contributed by atoms with Crippen molar-refractivity contribution in [2.45, 2.75) is 32.4 Å². The lowest BCUT2D eigenvalue weighted by atomic mass is 10.0. The van der Waals surface area contributed by atoms with Gasteiger partial charge in [-0.25, -0.2) is 0 Å². The van der Waals surface area contributed by atoms with Crippen LogP contribution in [-0.2, 0) is 4.79 Å². The maximum absolute atomic E-state index is 12.2. The molecule has 0 spiro atoms. The van der Waals surface area contributed by atoms with Crippen LogP contribution in [0.4, 0.5) is 0 Å². The number of carbonyl (C=O) groups excluding carboxylic acids is 1. The first-order valence-electron chi connectivity index (χ1n) is 6.59. The number of aliphatic hydroxyl groups excluding tert-OH is 1. The third-order valence-electron chi connectivity index (χ3n) is 3.50. The minimum atomic E-state index is -0.675. The Morgan fingerprint density at radius 1 is 1.37 bits per heavy atom. The molecular weight excluding hydrogens is 238 g/mol. The van der Waals surface area contributed by atoms with Gasteiger partial charge in [0, 0.05) is 13.0 Å². The molecule has 0 unspecified atom stereocenters. The summed E-state index contributed by atoms with van der Waals surface area (Å²) >= 11 is 0. The molecule has 0 fully saturated rings. The quantitative estimate of drug-likeness (QED) is 0.800. The molecule has 104 valence electrons. The molecule has 3 atom stereocenters. The number of amides is 1. The normalized spacial score (nSPS) is 15.4. The molecule has 1 amide bonds. The van der Waals surface area contributed by atoms with E-state index >= 15 is 0 Å². The zero-order valence-electron chi connectivity index (χ0n) is 11.9. The van der Waals surface area contributed by atoms with Crippen molar-refractivity contribution in [2.75, 3.05) is 7.05 Å². The van der Waals surface area contributed by atoms with Gasteiger partial charge < -0.3 is 10.0 Å². The Balaban J connectivity index is 2.73. The van der Waals surface area contributed by atoms with E-state index in [1.807, 2.05) is 44.2 Å². The molecule has 1 N–H and O–H groups in total. The summed E-state index contributed by atoms with van der Waals surface area (Å²) in [6.07, 6.45) is 1.72. The maximum Gasteiger partial charge on any atom is 0.225 e. The minimum absolute atomic E-state index is 0.0300. The van der Waals surface area contributed by atoms with Crippen molar-refractivity contribution in [3.05, 3.63) is 48.6 Å². The second-order valence-electron chi connectivity index (χ2n) is 4.97. The van der Waals surface area contributed by atoms with Gasteiger partial charge in [0.1, 0.15) is 0 Å². The molecule has 3 heteroatoms. The highest BCUT2D eigenvalue weighted by Crippen LogP contribution is 2.21. The zero-order chi connectivity index (χ0) is 14.4. The van der Waals surface area contributed by atoms with Crippen LogP contribution in [0.1, 0.15) is 31.9 Å². The average Bonchev–Trinajstić information content (AvgIpc) is 2.45. The van der Waals surface area contributed by atoms with Crippen molar-refractivity contribution >= 4 is 5.91 Å². The number of carbonyl (C=O) groups is 1. The Labute approximate surface area is 115 Å². The minimum Gasteiger partial charge on any atom is -0.386 e. The van der Waals surface area contributed by atoms with Crippen LogP contribution in [0.15, 0.2) is 43.0 Å². The Hall–Kier alpha value is -1.61. The molecule has 0 aromatic heterocycles. The van der Waals surface area contributed by atoms with Crippen molar-refractivity contribution < 1.29 is 9.90 Å². The highest BCUT2D eigenvalue weighted by molar-refractivity contribution is 5.78. The molecular formula is C16H23NO2. The Morgan fingerprint density at radius 2 is 1.95 bits per heavy atom. The summed E-state index contributed by atoms with van der Waals surface area (Å²) in [6.45, 7) is 7.38. The van der Waals surface area contributed by atoms with Crippen molar-refractivity contribution in [2.24, 2.45) is 5.92 Å². The van der Waals surface area contributed by atoms with Gasteiger partial charge in [0.25, 0.3) is 0 Å². The van der Waals surface area contributed by atoms with Crippen molar-refractivity contribution in [3.8, 4) is 0 Å². The van der Waals surface area contributed by atoms with E-state index in [1.54, 1.807) is 18.0 Å². The van der Waals surface area contributed by atoms with Crippen molar-refractivity contribution in [1.82, 2.24) is 4.90 Å². The first-order valence-corrected chi connectivity index (χ1v) is 6.59. The standard InChI is InChI=1S/C16H23NO2/c1-5-9-12(2)16(19)17(4)13(3)15(18)14-10-7-6-8-11-14/h5-8,10-13,15,18H,1,9H2,2-4H3/t12-,13+,15-/m0/s1. The molecule has 3 nitrogen and oxygen atoms in total. The van der Waals surface area contributed by atoms with Gasteiger partial charge in [0.2, 0.25) is 5.91 Å². The van der Waals surface area contributed by atoms with E-state index in [1.165, 1.54) is 0 Å². The fourth-order valence-electron chi connectivity index (χ4n) is 2.04. The molecule has 0 aliphatic rings. The fourth-order valence-corrected chi connectivity index (χ4v) is 2.04. The lowest BCUT2D eigenvalue weighted by Crippen LogP contribution is -2.41. The van der Waals surface area contributed by atoms with Crippen LogP contribution in [0.3, 0.4) is 0 Å². The number of rotatable bonds is 6. The topological polar surface area (TPSA) is 40.5 Å². The lowest BCUT2D eigenvalue weighted by Gasteiger charge is -2.31.